The van der Waals surface area contributed by atoms with E-state index in [1.807, 2.05) is 0 Å². The highest BCUT2D eigenvalue weighted by Gasteiger charge is 2.47. The minimum absolute atomic E-state index is 0.0144. The van der Waals surface area contributed by atoms with Crippen LogP contribution in [0, 0.1) is 34.6 Å². The molecule has 2 aromatic carbocycles. The largest absolute Gasteiger partial charge is 0.343 e. The molecule has 0 radical (unpaired) electrons. The van der Waals surface area contributed by atoms with E-state index in [9.17, 15) is 22.7 Å². The Morgan fingerprint density at radius 2 is 1.51 bits per heavy atom. The highest BCUT2D eigenvalue weighted by Crippen LogP contribution is 2.45. The Morgan fingerprint density at radius 1 is 0.886 bits per heavy atom. The fourth-order valence-electron chi connectivity index (χ4n) is 5.34. The summed E-state index contributed by atoms with van der Waals surface area (Å²) < 4.78 is 67.0. The number of ether oxygens (including phenoxy) is 2. The normalized spacial score (nSPS) is 29.3. The van der Waals surface area contributed by atoms with Crippen molar-refractivity contribution in [1.29, 1.82) is 0 Å². The summed E-state index contributed by atoms with van der Waals surface area (Å²) in [5.41, 5.74) is 0.660. The Bertz CT molecular complexity index is 1000. The first-order valence-electron chi connectivity index (χ1n) is 12.6. The van der Waals surface area contributed by atoms with Gasteiger partial charge in [0, 0.05) is 16.9 Å². The molecule has 0 atom stereocenters. The zero-order valence-corrected chi connectivity index (χ0v) is 20.4. The van der Waals surface area contributed by atoms with Crippen LogP contribution in [0.4, 0.5) is 17.6 Å². The predicted molar refractivity (Wildman–Crippen MR) is 126 cm³/mol. The van der Waals surface area contributed by atoms with Crippen LogP contribution >= 0.6 is 0 Å². The van der Waals surface area contributed by atoms with Crippen LogP contribution in [0.2, 0.25) is 0 Å². The second-order valence-corrected chi connectivity index (χ2v) is 10.5. The highest BCUT2D eigenvalue weighted by molar-refractivity contribution is 5.65. The average molecular weight is 495 g/mol. The first kappa shape index (κ1) is 26.1. The molecule has 1 saturated carbocycles. The molecular formula is C28H34F4O3. The van der Waals surface area contributed by atoms with Crippen LogP contribution in [0.1, 0.15) is 76.7 Å². The van der Waals surface area contributed by atoms with Crippen LogP contribution in [0.5, 0.6) is 0 Å². The van der Waals surface area contributed by atoms with Gasteiger partial charge in [0.25, 0.3) is 5.97 Å². The summed E-state index contributed by atoms with van der Waals surface area (Å²) in [6.07, 6.45) is 7.24. The monoisotopic (exact) mass is 494 g/mol. The first-order chi connectivity index (χ1) is 16.6. The van der Waals surface area contributed by atoms with Crippen molar-refractivity contribution in [2.45, 2.75) is 77.1 Å². The Labute approximate surface area is 204 Å². The fraction of sp³-hybridized carbons (Fsp3) is 0.571. The van der Waals surface area contributed by atoms with Gasteiger partial charge in [-0.3, -0.25) is 0 Å². The fourth-order valence-corrected chi connectivity index (χ4v) is 5.34. The molecule has 2 aliphatic rings. The lowest BCUT2D eigenvalue weighted by atomic mass is 9.77. The number of benzene rings is 2. The minimum atomic E-state index is -1.58. The molecule has 0 aromatic heterocycles. The van der Waals surface area contributed by atoms with Crippen LogP contribution in [0.25, 0.3) is 11.1 Å². The summed E-state index contributed by atoms with van der Waals surface area (Å²) in [5, 5.41) is 11.0. The Balaban J connectivity index is 1.36. The SMILES string of the molecule is CCCCCC1(C)COC(O)(C2CCC(c3ccc(-c4cc(F)c(F)c(F)c4)c(F)c3)CC2)OC1. The lowest BCUT2D eigenvalue weighted by molar-refractivity contribution is -0.427. The molecule has 0 amide bonds. The predicted octanol–water partition coefficient (Wildman–Crippen LogP) is 7.46. The van der Waals surface area contributed by atoms with E-state index in [0.717, 1.165) is 49.8 Å². The molecule has 1 saturated heterocycles. The summed E-state index contributed by atoms with van der Waals surface area (Å²) in [6.45, 7) is 5.22. The molecule has 0 spiro atoms. The molecule has 1 aliphatic carbocycles. The van der Waals surface area contributed by atoms with E-state index in [4.69, 9.17) is 9.47 Å². The number of hydrogen-bond acceptors (Lipinski definition) is 3. The van der Waals surface area contributed by atoms with Crippen molar-refractivity contribution >= 4 is 0 Å². The third kappa shape index (κ3) is 5.73. The molecule has 2 fully saturated rings. The molecule has 3 nitrogen and oxygen atoms in total. The van der Waals surface area contributed by atoms with Crippen molar-refractivity contribution in [3.05, 3.63) is 59.2 Å². The lowest BCUT2D eigenvalue weighted by Crippen LogP contribution is -2.53. The molecule has 0 unspecified atom stereocenters. The Morgan fingerprint density at radius 3 is 2.09 bits per heavy atom. The molecule has 1 aliphatic heterocycles. The maximum absolute atomic E-state index is 14.8. The van der Waals surface area contributed by atoms with Crippen LogP contribution in [-0.2, 0) is 9.47 Å². The van der Waals surface area contributed by atoms with Crippen LogP contribution < -0.4 is 0 Å². The molecule has 2 aromatic rings. The highest BCUT2D eigenvalue weighted by atomic mass is 19.2. The van der Waals surface area contributed by atoms with E-state index in [1.165, 1.54) is 18.6 Å². The van der Waals surface area contributed by atoms with Crippen molar-refractivity contribution in [3.8, 4) is 11.1 Å². The number of unbranched alkanes of at least 4 members (excludes halogenated alkanes) is 2. The van der Waals surface area contributed by atoms with Gasteiger partial charge in [0.2, 0.25) is 0 Å². The van der Waals surface area contributed by atoms with Gasteiger partial charge in [-0.2, -0.15) is 0 Å². The maximum atomic E-state index is 14.8. The molecular weight excluding hydrogens is 460 g/mol. The van der Waals surface area contributed by atoms with Crippen LogP contribution in [0.3, 0.4) is 0 Å². The molecule has 4 rings (SSSR count). The molecule has 1 heterocycles. The summed E-state index contributed by atoms with van der Waals surface area (Å²) in [6, 6.07) is 6.18. The molecule has 1 N–H and O–H groups in total. The molecule has 192 valence electrons. The third-order valence-corrected chi connectivity index (χ3v) is 7.64. The first-order valence-corrected chi connectivity index (χ1v) is 12.6. The summed E-state index contributed by atoms with van der Waals surface area (Å²) >= 11 is 0. The van der Waals surface area contributed by atoms with Gasteiger partial charge < -0.3 is 14.6 Å². The Hall–Kier alpha value is -1.96. The van der Waals surface area contributed by atoms with Gasteiger partial charge in [0.05, 0.1) is 13.2 Å². The molecule has 0 bridgehead atoms. The van der Waals surface area contributed by atoms with E-state index in [0.29, 0.717) is 26.1 Å². The standard InChI is InChI=1S/C28H34F4O3/c1-3-4-5-12-27(2)16-34-28(33,35-17-27)21-9-6-18(7-10-21)19-8-11-22(23(29)13-19)20-14-24(30)26(32)25(31)15-20/h8,11,13-15,18,21,33H,3-7,9-10,12,16-17H2,1-2H3. The van der Waals surface area contributed by atoms with Crippen molar-refractivity contribution in [3.63, 3.8) is 0 Å². The van der Waals surface area contributed by atoms with Gasteiger partial charge in [-0.25, -0.2) is 17.6 Å². The van der Waals surface area contributed by atoms with Gasteiger partial charge in [-0.05, 0) is 67.3 Å². The lowest BCUT2D eigenvalue weighted by Gasteiger charge is -2.46. The van der Waals surface area contributed by atoms with Gasteiger partial charge in [0.1, 0.15) is 5.82 Å². The van der Waals surface area contributed by atoms with Crippen molar-refractivity contribution in [1.82, 2.24) is 0 Å². The Kier molecular flexibility index (Phi) is 7.89. The van der Waals surface area contributed by atoms with Crippen molar-refractivity contribution in [2.75, 3.05) is 13.2 Å². The average Bonchev–Trinajstić information content (AvgIpc) is 2.85. The van der Waals surface area contributed by atoms with Crippen LogP contribution in [0.15, 0.2) is 30.3 Å². The van der Waals surface area contributed by atoms with Crippen LogP contribution in [-0.4, -0.2) is 24.3 Å². The topological polar surface area (TPSA) is 38.7 Å². The quantitative estimate of drug-likeness (QED) is 0.247. The second kappa shape index (κ2) is 10.6. The number of halogens is 4. The summed E-state index contributed by atoms with van der Waals surface area (Å²) in [7, 11) is 0. The van der Waals surface area contributed by atoms with Gasteiger partial charge in [0.15, 0.2) is 17.5 Å². The smallest absolute Gasteiger partial charge is 0.283 e. The van der Waals surface area contributed by atoms with E-state index in [-0.39, 0.29) is 28.4 Å². The number of aliphatic hydroxyl groups is 1. The number of hydrogen-bond donors (Lipinski definition) is 1. The van der Waals surface area contributed by atoms with E-state index >= 15 is 0 Å². The van der Waals surface area contributed by atoms with E-state index in [1.54, 1.807) is 6.07 Å². The summed E-state index contributed by atoms with van der Waals surface area (Å²) in [4.78, 5) is 0. The zero-order valence-electron chi connectivity index (χ0n) is 20.4. The van der Waals surface area contributed by atoms with E-state index in [2.05, 4.69) is 13.8 Å². The molecule has 7 heteroatoms. The molecule has 35 heavy (non-hydrogen) atoms. The maximum Gasteiger partial charge on any atom is 0.283 e. The van der Waals surface area contributed by atoms with E-state index < -0.39 is 29.2 Å². The minimum Gasteiger partial charge on any atom is -0.343 e. The zero-order chi connectivity index (χ0) is 25.2. The summed E-state index contributed by atoms with van der Waals surface area (Å²) in [5.74, 6) is -6.55. The van der Waals surface area contributed by atoms with Crippen molar-refractivity contribution in [2.24, 2.45) is 11.3 Å². The second-order valence-electron chi connectivity index (χ2n) is 10.5. The van der Waals surface area contributed by atoms with Gasteiger partial charge in [-0.15, -0.1) is 0 Å². The van der Waals surface area contributed by atoms with Crippen molar-refractivity contribution < 1.29 is 32.1 Å². The third-order valence-electron chi connectivity index (χ3n) is 7.64. The van der Waals surface area contributed by atoms with Gasteiger partial charge >= 0.3 is 0 Å². The number of rotatable bonds is 7. The van der Waals surface area contributed by atoms with Gasteiger partial charge in [-0.1, -0.05) is 45.2 Å².